The number of rotatable bonds is 11. The first-order chi connectivity index (χ1) is 11.6. The molecule has 3 atom stereocenters. The molecule has 0 aromatic carbocycles. The Bertz CT molecular complexity index is 435. The molecule has 0 saturated heterocycles. The van der Waals surface area contributed by atoms with Crippen LogP contribution < -0.4 is 5.32 Å². The van der Waals surface area contributed by atoms with E-state index in [0.717, 1.165) is 12.8 Å². The van der Waals surface area contributed by atoms with Gasteiger partial charge in [-0.3, -0.25) is 9.59 Å². The van der Waals surface area contributed by atoms with Gasteiger partial charge in [-0.25, -0.2) is 4.79 Å². The maximum Gasteiger partial charge on any atom is 0.410 e. The Balaban J connectivity index is 4.43. The van der Waals surface area contributed by atoms with E-state index in [9.17, 15) is 19.5 Å². The second-order valence-corrected chi connectivity index (χ2v) is 7.12. The zero-order chi connectivity index (χ0) is 19.6. The van der Waals surface area contributed by atoms with Crippen LogP contribution in [-0.4, -0.2) is 36.0 Å². The molecule has 0 rings (SSSR count). The Morgan fingerprint density at radius 1 is 1.00 bits per heavy atom. The van der Waals surface area contributed by atoms with Gasteiger partial charge in [-0.2, -0.15) is 0 Å². The highest BCUT2D eigenvalue weighted by molar-refractivity contribution is 5.73. The lowest BCUT2D eigenvalue weighted by atomic mass is 9.86. The summed E-state index contributed by atoms with van der Waals surface area (Å²) in [6.07, 6.45) is 0.527. The van der Waals surface area contributed by atoms with Crippen LogP contribution >= 0.6 is 0 Å². The summed E-state index contributed by atoms with van der Waals surface area (Å²) in [5.41, 5.74) is 0. The van der Waals surface area contributed by atoms with Crippen LogP contribution in [0.15, 0.2) is 0 Å². The van der Waals surface area contributed by atoms with Crippen LogP contribution in [0, 0.1) is 23.7 Å². The number of esters is 1. The molecule has 0 bridgehead atoms. The molecule has 0 aliphatic heterocycles. The van der Waals surface area contributed by atoms with Gasteiger partial charge in [0.25, 0.3) is 0 Å². The van der Waals surface area contributed by atoms with Gasteiger partial charge in [-0.1, -0.05) is 41.0 Å². The zero-order valence-corrected chi connectivity index (χ0v) is 16.2. The minimum Gasteiger partial charge on any atom is -0.481 e. The predicted octanol–water partition coefficient (Wildman–Crippen LogP) is 3.42. The van der Waals surface area contributed by atoms with E-state index in [-0.39, 0.29) is 12.5 Å². The third kappa shape index (κ3) is 10.6. The Hall–Kier alpha value is -1.79. The third-order valence-corrected chi connectivity index (χ3v) is 3.87. The number of carbonyl (C=O) groups excluding carboxylic acids is 2. The van der Waals surface area contributed by atoms with Gasteiger partial charge in [0.15, 0.2) is 0 Å². The fraction of sp³-hybridized carbons (Fsp3) is 0.833. The molecule has 0 aromatic heterocycles. The molecule has 0 aliphatic carbocycles. The average molecular weight is 359 g/mol. The lowest BCUT2D eigenvalue weighted by molar-refractivity contribution is -0.168. The standard InChI is InChI=1S/C18H33NO6/c1-7-14(8-11(2)3)9-15(16(20)21)10-19-18(23)25-13(6)24-17(22)12(4)5/h11-15H,7-10H2,1-6H3,(H,19,23)(H,20,21)/t13-,14-,15-/m1/s1. The summed E-state index contributed by atoms with van der Waals surface area (Å²) >= 11 is 0. The molecular weight excluding hydrogens is 326 g/mol. The van der Waals surface area contributed by atoms with Crippen molar-refractivity contribution in [1.82, 2.24) is 5.32 Å². The van der Waals surface area contributed by atoms with Gasteiger partial charge >= 0.3 is 18.0 Å². The van der Waals surface area contributed by atoms with Crippen molar-refractivity contribution in [3.05, 3.63) is 0 Å². The first-order valence-electron chi connectivity index (χ1n) is 8.94. The molecule has 0 aromatic rings. The lowest BCUT2D eigenvalue weighted by Gasteiger charge is -2.22. The number of carboxylic acids is 1. The number of amides is 1. The summed E-state index contributed by atoms with van der Waals surface area (Å²) in [5.74, 6) is -1.62. The van der Waals surface area contributed by atoms with Gasteiger partial charge in [0, 0.05) is 13.5 Å². The van der Waals surface area contributed by atoms with Crippen LogP contribution in [0.2, 0.25) is 0 Å². The van der Waals surface area contributed by atoms with Gasteiger partial charge in [-0.05, 0) is 24.7 Å². The van der Waals surface area contributed by atoms with Crippen molar-refractivity contribution in [2.45, 2.75) is 67.1 Å². The van der Waals surface area contributed by atoms with Crippen LogP contribution in [0.5, 0.6) is 0 Å². The van der Waals surface area contributed by atoms with E-state index < -0.39 is 30.2 Å². The SMILES string of the molecule is CC[C@H](CC(C)C)C[C@H](CNC(=O)O[C@H](C)OC(=O)C(C)C)C(=O)O. The molecule has 146 valence electrons. The summed E-state index contributed by atoms with van der Waals surface area (Å²) in [5, 5.41) is 11.8. The summed E-state index contributed by atoms with van der Waals surface area (Å²) in [6.45, 7) is 11.0. The fourth-order valence-electron chi connectivity index (χ4n) is 2.49. The van der Waals surface area contributed by atoms with Crippen molar-refractivity contribution >= 4 is 18.0 Å². The van der Waals surface area contributed by atoms with E-state index in [0.29, 0.717) is 18.3 Å². The number of nitrogens with one attached hydrogen (secondary N) is 1. The van der Waals surface area contributed by atoms with Gasteiger partial charge < -0.3 is 19.9 Å². The van der Waals surface area contributed by atoms with E-state index in [2.05, 4.69) is 19.2 Å². The maximum absolute atomic E-state index is 11.7. The van der Waals surface area contributed by atoms with Gasteiger partial charge in [0.05, 0.1) is 11.8 Å². The smallest absolute Gasteiger partial charge is 0.410 e. The number of carboxylic acid groups (broad SMARTS) is 1. The molecule has 0 unspecified atom stereocenters. The van der Waals surface area contributed by atoms with E-state index >= 15 is 0 Å². The predicted molar refractivity (Wildman–Crippen MR) is 93.9 cm³/mol. The van der Waals surface area contributed by atoms with Crippen molar-refractivity contribution < 1.29 is 29.0 Å². The van der Waals surface area contributed by atoms with E-state index in [1.54, 1.807) is 13.8 Å². The minimum absolute atomic E-state index is 0.0202. The molecule has 0 saturated carbocycles. The van der Waals surface area contributed by atoms with Crippen LogP contribution in [0.1, 0.15) is 60.8 Å². The topological polar surface area (TPSA) is 102 Å². The number of alkyl carbamates (subject to hydrolysis) is 1. The molecule has 7 nitrogen and oxygen atoms in total. The van der Waals surface area contributed by atoms with Crippen molar-refractivity contribution in [3.8, 4) is 0 Å². The third-order valence-electron chi connectivity index (χ3n) is 3.87. The Morgan fingerprint density at radius 3 is 2.04 bits per heavy atom. The largest absolute Gasteiger partial charge is 0.481 e. The van der Waals surface area contributed by atoms with E-state index in [1.165, 1.54) is 6.92 Å². The molecule has 2 N–H and O–H groups in total. The summed E-state index contributed by atoms with van der Waals surface area (Å²) in [4.78, 5) is 34.6. The first kappa shape index (κ1) is 23.2. The summed E-state index contributed by atoms with van der Waals surface area (Å²) in [7, 11) is 0. The van der Waals surface area contributed by atoms with Crippen molar-refractivity contribution in [2.75, 3.05) is 6.54 Å². The van der Waals surface area contributed by atoms with Crippen LogP contribution in [0.25, 0.3) is 0 Å². The molecule has 1 amide bonds. The second kappa shape index (κ2) is 11.7. The summed E-state index contributed by atoms with van der Waals surface area (Å²) < 4.78 is 9.84. The molecule has 25 heavy (non-hydrogen) atoms. The highest BCUT2D eigenvalue weighted by Crippen LogP contribution is 2.23. The van der Waals surface area contributed by atoms with Crippen molar-refractivity contribution in [2.24, 2.45) is 23.7 Å². The molecule has 0 heterocycles. The zero-order valence-electron chi connectivity index (χ0n) is 16.2. The Kier molecular flexibility index (Phi) is 10.9. The molecular formula is C18H33NO6. The molecule has 0 fully saturated rings. The van der Waals surface area contributed by atoms with Gasteiger partial charge in [-0.15, -0.1) is 0 Å². The number of aliphatic carboxylic acids is 1. The molecule has 7 heteroatoms. The highest BCUT2D eigenvalue weighted by Gasteiger charge is 2.24. The first-order valence-corrected chi connectivity index (χ1v) is 8.94. The highest BCUT2D eigenvalue weighted by atomic mass is 16.7. The molecule has 0 radical (unpaired) electrons. The quantitative estimate of drug-likeness (QED) is 0.433. The number of hydrogen-bond donors (Lipinski definition) is 2. The van der Waals surface area contributed by atoms with Crippen molar-refractivity contribution in [3.63, 3.8) is 0 Å². The van der Waals surface area contributed by atoms with Crippen LogP contribution in [0.3, 0.4) is 0 Å². The van der Waals surface area contributed by atoms with E-state index in [1.807, 2.05) is 6.92 Å². The molecule has 0 spiro atoms. The number of ether oxygens (including phenoxy) is 2. The maximum atomic E-state index is 11.7. The molecule has 0 aliphatic rings. The summed E-state index contributed by atoms with van der Waals surface area (Å²) in [6, 6.07) is 0. The average Bonchev–Trinajstić information content (AvgIpc) is 2.48. The van der Waals surface area contributed by atoms with E-state index in [4.69, 9.17) is 9.47 Å². The van der Waals surface area contributed by atoms with Crippen LogP contribution in [0.4, 0.5) is 4.79 Å². The lowest BCUT2D eigenvalue weighted by Crippen LogP contribution is -2.36. The van der Waals surface area contributed by atoms with Crippen molar-refractivity contribution in [1.29, 1.82) is 0 Å². The Labute approximate surface area is 150 Å². The fourth-order valence-corrected chi connectivity index (χ4v) is 2.49. The van der Waals surface area contributed by atoms with Gasteiger partial charge in [0.1, 0.15) is 0 Å². The van der Waals surface area contributed by atoms with Crippen LogP contribution in [-0.2, 0) is 19.1 Å². The van der Waals surface area contributed by atoms with Gasteiger partial charge in [0.2, 0.25) is 6.29 Å². The normalized spacial score (nSPS) is 14.7. The number of hydrogen-bond acceptors (Lipinski definition) is 5. The Morgan fingerprint density at radius 2 is 1.60 bits per heavy atom. The minimum atomic E-state index is -1.03. The second-order valence-electron chi connectivity index (χ2n) is 7.12. The number of carbonyl (C=O) groups is 3. The monoisotopic (exact) mass is 359 g/mol.